The molecule has 2 saturated heterocycles. The predicted molar refractivity (Wildman–Crippen MR) is 113 cm³/mol. The fourth-order valence-corrected chi connectivity index (χ4v) is 5.37. The number of piperidine rings is 1. The highest BCUT2D eigenvalue weighted by molar-refractivity contribution is 5.96. The Balaban J connectivity index is 1.32. The van der Waals surface area contributed by atoms with E-state index in [0.29, 0.717) is 30.7 Å². The van der Waals surface area contributed by atoms with Crippen LogP contribution in [0, 0.1) is 0 Å². The smallest absolute Gasteiger partial charge is 0.426 e. The second-order valence-corrected chi connectivity index (χ2v) is 9.67. The molecule has 0 radical (unpaired) electrons. The number of pyridine rings is 1. The molecule has 4 heterocycles. The lowest BCUT2D eigenvalue weighted by Gasteiger charge is -2.44. The van der Waals surface area contributed by atoms with Gasteiger partial charge in [0.15, 0.2) is 0 Å². The first-order chi connectivity index (χ1) is 16.9. The summed E-state index contributed by atoms with van der Waals surface area (Å²) in [5.41, 5.74) is 1.27. The number of likely N-dealkylation sites (tertiary alicyclic amines) is 2. The number of amides is 2. The van der Waals surface area contributed by atoms with Gasteiger partial charge < -0.3 is 14.5 Å². The van der Waals surface area contributed by atoms with Gasteiger partial charge in [0.1, 0.15) is 11.3 Å². The second kappa shape index (κ2) is 8.55. The predicted octanol–water partition coefficient (Wildman–Crippen LogP) is 4.91. The molecule has 36 heavy (non-hydrogen) atoms. The number of nitrogens with zero attached hydrogens (tertiary/aromatic N) is 4. The molecule has 196 valence electrons. The molecule has 3 fully saturated rings. The van der Waals surface area contributed by atoms with Crippen molar-refractivity contribution in [3.05, 3.63) is 35.8 Å². The summed E-state index contributed by atoms with van der Waals surface area (Å²) < 4.78 is 82.4. The van der Waals surface area contributed by atoms with Crippen molar-refractivity contribution in [2.75, 3.05) is 19.6 Å². The summed E-state index contributed by atoms with van der Waals surface area (Å²) in [7, 11) is 0. The average Bonchev–Trinajstić information content (AvgIpc) is 3.47. The number of ether oxygens (including phenoxy) is 1. The lowest BCUT2D eigenvalue weighted by molar-refractivity contribution is -0.308. The molecule has 0 N–H and O–H groups in total. The number of aromatic nitrogens is 2. The number of imidazole rings is 1. The van der Waals surface area contributed by atoms with Gasteiger partial charge >= 0.3 is 18.4 Å². The minimum absolute atomic E-state index is 0.117. The molecule has 2 aromatic rings. The maximum Gasteiger partial charge on any atom is 0.434 e. The number of halogens is 6. The summed E-state index contributed by atoms with van der Waals surface area (Å²) in [5, 5.41) is 0. The number of rotatable bonds is 3. The molecule has 0 aromatic carbocycles. The highest BCUT2D eigenvalue weighted by atomic mass is 19.4. The third-order valence-corrected chi connectivity index (χ3v) is 7.33. The Kier molecular flexibility index (Phi) is 5.86. The Morgan fingerprint density at radius 1 is 1.00 bits per heavy atom. The van der Waals surface area contributed by atoms with Crippen LogP contribution in [-0.4, -0.2) is 74.8 Å². The van der Waals surface area contributed by atoms with Crippen LogP contribution in [0.25, 0.3) is 5.65 Å². The standard InChI is InChI=1S/C23H24F6N4O3/c24-22(25,26)19(23(27,28)29)36-20(35)31-12-8-21(9-13-31)7-3-11-33(21)18(34)17-16(14-5-6-14)30-15-4-1-2-10-32(15)17/h1-2,4,10,14,19H,3,5-9,11-13H2. The molecule has 2 aromatic heterocycles. The van der Waals surface area contributed by atoms with Crippen molar-refractivity contribution in [2.45, 2.75) is 68.4 Å². The fraction of sp³-hybridized carbons (Fsp3) is 0.609. The second-order valence-electron chi connectivity index (χ2n) is 9.67. The molecule has 7 nitrogen and oxygen atoms in total. The van der Waals surface area contributed by atoms with Crippen LogP contribution >= 0.6 is 0 Å². The summed E-state index contributed by atoms with van der Waals surface area (Å²) in [6, 6.07) is 5.46. The summed E-state index contributed by atoms with van der Waals surface area (Å²) in [6.07, 6.45) is -11.9. The molecule has 13 heteroatoms. The van der Waals surface area contributed by atoms with Crippen LogP contribution in [0.15, 0.2) is 24.4 Å². The van der Waals surface area contributed by atoms with E-state index in [0.717, 1.165) is 23.4 Å². The highest BCUT2D eigenvalue weighted by Gasteiger charge is 2.60. The van der Waals surface area contributed by atoms with Crippen LogP contribution in [0.4, 0.5) is 31.1 Å². The van der Waals surface area contributed by atoms with Crippen molar-refractivity contribution in [3.63, 3.8) is 0 Å². The topological polar surface area (TPSA) is 67.2 Å². The van der Waals surface area contributed by atoms with Gasteiger partial charge in [0.2, 0.25) is 0 Å². The number of hydrogen-bond donors (Lipinski definition) is 0. The van der Waals surface area contributed by atoms with E-state index in [1.807, 2.05) is 12.1 Å². The van der Waals surface area contributed by atoms with Gasteiger partial charge in [0.25, 0.3) is 12.0 Å². The maximum atomic E-state index is 13.8. The summed E-state index contributed by atoms with van der Waals surface area (Å²) >= 11 is 0. The van der Waals surface area contributed by atoms with Gasteiger partial charge in [-0.05, 0) is 50.7 Å². The fourth-order valence-electron chi connectivity index (χ4n) is 5.37. The number of hydrogen-bond acceptors (Lipinski definition) is 4. The van der Waals surface area contributed by atoms with Gasteiger partial charge in [0, 0.05) is 37.3 Å². The van der Waals surface area contributed by atoms with E-state index in [2.05, 4.69) is 9.72 Å². The van der Waals surface area contributed by atoms with Gasteiger partial charge in [-0.15, -0.1) is 0 Å². The Labute approximate surface area is 202 Å². The monoisotopic (exact) mass is 518 g/mol. The van der Waals surface area contributed by atoms with E-state index in [1.54, 1.807) is 21.6 Å². The van der Waals surface area contributed by atoms with Crippen molar-refractivity contribution >= 4 is 17.6 Å². The van der Waals surface area contributed by atoms with Crippen molar-refractivity contribution in [2.24, 2.45) is 0 Å². The molecule has 3 aliphatic rings. The molecule has 2 amide bonds. The molecule has 2 aliphatic heterocycles. The zero-order valence-corrected chi connectivity index (χ0v) is 19.1. The Bertz CT molecular complexity index is 1150. The highest BCUT2D eigenvalue weighted by Crippen LogP contribution is 2.44. The van der Waals surface area contributed by atoms with Crippen molar-refractivity contribution in [3.8, 4) is 0 Å². The van der Waals surface area contributed by atoms with Crippen LogP contribution in [0.2, 0.25) is 0 Å². The van der Waals surface area contributed by atoms with E-state index in [-0.39, 0.29) is 37.8 Å². The molecule has 0 bridgehead atoms. The van der Waals surface area contributed by atoms with Crippen molar-refractivity contribution in [1.82, 2.24) is 19.2 Å². The Morgan fingerprint density at radius 3 is 2.28 bits per heavy atom. The van der Waals surface area contributed by atoms with E-state index >= 15 is 0 Å². The summed E-state index contributed by atoms with van der Waals surface area (Å²) in [4.78, 5) is 33.3. The van der Waals surface area contributed by atoms with Gasteiger partial charge in [-0.1, -0.05) is 6.07 Å². The Hall–Kier alpha value is -2.99. The van der Waals surface area contributed by atoms with E-state index < -0.39 is 30.1 Å². The number of fused-ring (bicyclic) bond motifs is 1. The molecule has 1 aliphatic carbocycles. The number of carbonyl (C=O) groups is 2. The average molecular weight is 518 g/mol. The van der Waals surface area contributed by atoms with Gasteiger partial charge in [-0.3, -0.25) is 9.20 Å². The zero-order valence-electron chi connectivity index (χ0n) is 19.1. The first-order valence-electron chi connectivity index (χ1n) is 11.8. The van der Waals surface area contributed by atoms with Crippen LogP contribution < -0.4 is 0 Å². The minimum atomic E-state index is -5.77. The third kappa shape index (κ3) is 4.36. The number of carbonyl (C=O) groups excluding carboxylic acids is 2. The van der Waals surface area contributed by atoms with Crippen LogP contribution in [-0.2, 0) is 4.74 Å². The lowest BCUT2D eigenvalue weighted by Crippen LogP contribution is -2.56. The normalized spacial score (nSPS) is 20.5. The van der Waals surface area contributed by atoms with Gasteiger partial charge in [-0.2, -0.15) is 26.3 Å². The first kappa shape index (κ1) is 24.7. The largest absolute Gasteiger partial charge is 0.434 e. The third-order valence-electron chi connectivity index (χ3n) is 7.33. The van der Waals surface area contributed by atoms with E-state index in [9.17, 15) is 35.9 Å². The van der Waals surface area contributed by atoms with Gasteiger partial charge in [0.05, 0.1) is 5.69 Å². The molecule has 1 saturated carbocycles. The maximum absolute atomic E-state index is 13.8. The molecular weight excluding hydrogens is 494 g/mol. The zero-order chi connectivity index (χ0) is 25.9. The van der Waals surface area contributed by atoms with Crippen LogP contribution in [0.5, 0.6) is 0 Å². The van der Waals surface area contributed by atoms with Crippen LogP contribution in [0.1, 0.15) is 60.6 Å². The lowest BCUT2D eigenvalue weighted by atomic mass is 9.85. The quantitative estimate of drug-likeness (QED) is 0.542. The Morgan fingerprint density at radius 2 is 1.67 bits per heavy atom. The molecule has 1 spiro atoms. The van der Waals surface area contributed by atoms with E-state index in [4.69, 9.17) is 0 Å². The minimum Gasteiger partial charge on any atom is -0.426 e. The molecular formula is C23H24F6N4O3. The van der Waals surface area contributed by atoms with Crippen molar-refractivity contribution in [1.29, 1.82) is 0 Å². The molecule has 0 atom stereocenters. The van der Waals surface area contributed by atoms with Crippen LogP contribution in [0.3, 0.4) is 0 Å². The number of alkyl halides is 6. The first-order valence-corrected chi connectivity index (χ1v) is 11.8. The van der Waals surface area contributed by atoms with Gasteiger partial charge in [-0.25, -0.2) is 9.78 Å². The summed E-state index contributed by atoms with van der Waals surface area (Å²) in [5.74, 6) is 0.0209. The SMILES string of the molecule is O=C(OC(C(F)(F)F)C(F)(F)F)N1CCC2(CCCN2C(=O)c2c(C3CC3)nc3ccccn23)CC1. The van der Waals surface area contributed by atoms with Crippen molar-refractivity contribution < 1.29 is 40.7 Å². The summed E-state index contributed by atoms with van der Waals surface area (Å²) in [6.45, 7) is 0.235. The molecule has 0 unspecified atom stereocenters. The molecule has 5 rings (SSSR count). The van der Waals surface area contributed by atoms with E-state index in [1.165, 1.54) is 0 Å².